The fourth-order valence-electron chi connectivity index (χ4n) is 7.92. The first-order valence-electron chi connectivity index (χ1n) is 13.2. The van der Waals surface area contributed by atoms with Crippen molar-refractivity contribution in [2.45, 2.75) is 165 Å². The molecule has 29 heavy (non-hydrogen) atoms. The monoisotopic (exact) mass is 438 g/mol. The average Bonchev–Trinajstić information content (AvgIpc) is 3.11. The molecule has 0 radical (unpaired) electrons. The normalized spacial score (nSPS) is 29.7. The van der Waals surface area contributed by atoms with Gasteiger partial charge in [-0.15, -0.1) is 0 Å². The predicted molar refractivity (Wildman–Crippen MR) is 138 cm³/mol. The topological polar surface area (TPSA) is 0 Å². The van der Waals surface area contributed by atoms with Crippen molar-refractivity contribution in [2.75, 3.05) is 0 Å². The summed E-state index contributed by atoms with van der Waals surface area (Å²) in [6.45, 7) is 18.0. The van der Waals surface area contributed by atoms with Crippen molar-refractivity contribution < 1.29 is 0 Å². The smallest absolute Gasteiger partial charge is 0.0170 e. The fraction of sp³-hybridized carbons (Fsp3) is 1.00. The highest BCUT2D eigenvalue weighted by Gasteiger charge is 2.48. The Hall–Kier alpha value is 0.860. The van der Waals surface area contributed by atoms with E-state index in [2.05, 4.69) is 48.5 Å². The molecule has 2 heteroatoms. The average molecular weight is 439 g/mol. The molecule has 0 nitrogen and oxygen atoms in total. The largest absolute Gasteiger partial charge is 0.0968 e. The standard InChI is InChI=1S/C27H52P2/c1-21(29(26(2,3)4)27(5,6)7)24-19-14-20-25(24)28(22-15-10-8-11-16-22)23-17-12-9-13-18-23/h21-25H,8-20H2,1-7H3/t21-,24+,25?/m1/s1. The maximum Gasteiger partial charge on any atom is -0.0170 e. The van der Waals surface area contributed by atoms with Crippen LogP contribution < -0.4 is 0 Å². The van der Waals surface area contributed by atoms with Crippen LogP contribution in [-0.2, 0) is 0 Å². The van der Waals surface area contributed by atoms with Gasteiger partial charge in [0.25, 0.3) is 0 Å². The minimum Gasteiger partial charge on any atom is -0.0968 e. The van der Waals surface area contributed by atoms with Crippen molar-refractivity contribution in [1.82, 2.24) is 0 Å². The number of hydrogen-bond acceptors (Lipinski definition) is 0. The van der Waals surface area contributed by atoms with Gasteiger partial charge in [0.2, 0.25) is 0 Å². The zero-order valence-corrected chi connectivity index (χ0v) is 22.8. The first kappa shape index (κ1) is 24.5. The molecule has 0 heterocycles. The van der Waals surface area contributed by atoms with E-state index >= 15 is 0 Å². The lowest BCUT2D eigenvalue weighted by molar-refractivity contribution is 0.466. The molecule has 1 unspecified atom stereocenters. The van der Waals surface area contributed by atoms with Crippen LogP contribution >= 0.6 is 15.8 Å². The van der Waals surface area contributed by atoms with Gasteiger partial charge in [0.05, 0.1) is 0 Å². The van der Waals surface area contributed by atoms with Crippen LogP contribution in [-0.4, -0.2) is 32.9 Å². The summed E-state index contributed by atoms with van der Waals surface area (Å²) in [6, 6.07) is 0. The van der Waals surface area contributed by atoms with Crippen LogP contribution in [0.1, 0.15) is 132 Å². The molecule has 3 aliphatic carbocycles. The van der Waals surface area contributed by atoms with Gasteiger partial charge in [-0.05, 0) is 77.4 Å². The molecule has 3 rings (SSSR count). The molecule has 0 aromatic heterocycles. The van der Waals surface area contributed by atoms with Crippen LogP contribution in [0.15, 0.2) is 0 Å². The first-order valence-corrected chi connectivity index (χ1v) is 16.1. The Balaban J connectivity index is 1.86. The summed E-state index contributed by atoms with van der Waals surface area (Å²) in [5.74, 6) is 1.04. The molecule has 3 atom stereocenters. The van der Waals surface area contributed by atoms with Crippen LogP contribution in [0.3, 0.4) is 0 Å². The van der Waals surface area contributed by atoms with Crippen molar-refractivity contribution in [3.63, 3.8) is 0 Å². The highest BCUT2D eigenvalue weighted by Crippen LogP contribution is 2.70. The van der Waals surface area contributed by atoms with Gasteiger partial charge in [0.15, 0.2) is 0 Å². The molecule has 0 amide bonds. The highest BCUT2D eigenvalue weighted by molar-refractivity contribution is 7.62. The van der Waals surface area contributed by atoms with Gasteiger partial charge in [-0.1, -0.05) is 109 Å². The lowest BCUT2D eigenvalue weighted by Gasteiger charge is -2.51. The molecular weight excluding hydrogens is 386 g/mol. The van der Waals surface area contributed by atoms with Crippen molar-refractivity contribution >= 4 is 15.8 Å². The fourth-order valence-corrected chi connectivity index (χ4v) is 18.2. The van der Waals surface area contributed by atoms with Crippen molar-refractivity contribution in [3.05, 3.63) is 0 Å². The third-order valence-electron chi connectivity index (χ3n) is 8.38. The molecule has 0 bridgehead atoms. The summed E-state index contributed by atoms with van der Waals surface area (Å²) in [5.41, 5.74) is 4.32. The Morgan fingerprint density at radius 2 is 1.03 bits per heavy atom. The van der Waals surface area contributed by atoms with Crippen LogP contribution in [0.5, 0.6) is 0 Å². The van der Waals surface area contributed by atoms with E-state index in [1.54, 1.807) is 64.2 Å². The molecule has 3 saturated carbocycles. The Labute approximate surface area is 186 Å². The van der Waals surface area contributed by atoms with E-state index in [4.69, 9.17) is 0 Å². The zero-order valence-electron chi connectivity index (χ0n) is 21.0. The van der Waals surface area contributed by atoms with Crippen molar-refractivity contribution in [2.24, 2.45) is 5.92 Å². The molecule has 0 N–H and O–H groups in total. The molecular formula is C27H52P2. The van der Waals surface area contributed by atoms with Gasteiger partial charge in [-0.3, -0.25) is 0 Å². The van der Waals surface area contributed by atoms with E-state index in [1.807, 2.05) is 0 Å². The van der Waals surface area contributed by atoms with E-state index in [9.17, 15) is 0 Å². The van der Waals surface area contributed by atoms with Gasteiger partial charge in [-0.25, -0.2) is 0 Å². The van der Waals surface area contributed by atoms with Gasteiger partial charge >= 0.3 is 0 Å². The van der Waals surface area contributed by atoms with Crippen LogP contribution in [0.25, 0.3) is 0 Å². The van der Waals surface area contributed by atoms with E-state index in [1.165, 1.54) is 19.3 Å². The van der Waals surface area contributed by atoms with Crippen LogP contribution in [0, 0.1) is 5.92 Å². The molecule has 3 fully saturated rings. The predicted octanol–water partition coefficient (Wildman–Crippen LogP) is 9.77. The van der Waals surface area contributed by atoms with Crippen molar-refractivity contribution in [3.8, 4) is 0 Å². The maximum atomic E-state index is 2.71. The van der Waals surface area contributed by atoms with Gasteiger partial charge in [-0.2, -0.15) is 0 Å². The van der Waals surface area contributed by atoms with E-state index in [0.717, 1.165) is 28.6 Å². The van der Waals surface area contributed by atoms with E-state index < -0.39 is 0 Å². The second-order valence-corrected chi connectivity index (χ2v) is 19.9. The van der Waals surface area contributed by atoms with Gasteiger partial charge in [0, 0.05) is 0 Å². The third-order valence-corrected chi connectivity index (χ3v) is 16.6. The Morgan fingerprint density at radius 1 is 0.586 bits per heavy atom. The van der Waals surface area contributed by atoms with Crippen LogP contribution in [0.2, 0.25) is 0 Å². The SMILES string of the molecule is C[C@H]([C@@H]1CCCC1P(C1CCCCC1)C1CCCCC1)P(C(C)(C)C)C(C)(C)C. The maximum absolute atomic E-state index is 2.71. The molecule has 0 spiro atoms. The molecule has 0 aromatic carbocycles. The number of rotatable bonds is 5. The minimum atomic E-state index is 0.00912. The minimum absolute atomic E-state index is 0.00912. The quantitative estimate of drug-likeness (QED) is 0.375. The van der Waals surface area contributed by atoms with E-state index in [0.29, 0.717) is 10.3 Å². The molecule has 0 aromatic rings. The lowest BCUT2D eigenvalue weighted by Crippen LogP contribution is -2.37. The van der Waals surface area contributed by atoms with E-state index in [-0.39, 0.29) is 15.8 Å². The first-order chi connectivity index (χ1) is 13.6. The summed E-state index contributed by atoms with van der Waals surface area (Å²) in [5, 5.41) is 0.942. The Bertz CT molecular complexity index is 456. The van der Waals surface area contributed by atoms with Crippen molar-refractivity contribution in [1.29, 1.82) is 0 Å². The summed E-state index contributed by atoms with van der Waals surface area (Å²) >= 11 is 0. The zero-order chi connectivity index (χ0) is 21.2. The summed E-state index contributed by atoms with van der Waals surface area (Å²) in [7, 11) is 0.253. The molecule has 170 valence electrons. The molecule has 0 aliphatic heterocycles. The van der Waals surface area contributed by atoms with Crippen LogP contribution in [0.4, 0.5) is 0 Å². The summed E-state index contributed by atoms with van der Waals surface area (Å²) in [4.78, 5) is 0. The summed E-state index contributed by atoms with van der Waals surface area (Å²) in [6.07, 6.45) is 20.2. The molecule has 3 aliphatic rings. The molecule has 0 saturated heterocycles. The third kappa shape index (κ3) is 6.01. The Morgan fingerprint density at radius 3 is 1.45 bits per heavy atom. The number of hydrogen-bond donors (Lipinski definition) is 0. The highest BCUT2D eigenvalue weighted by atomic mass is 31.1. The lowest BCUT2D eigenvalue weighted by atomic mass is 9.99. The van der Waals surface area contributed by atoms with Gasteiger partial charge < -0.3 is 0 Å². The summed E-state index contributed by atoms with van der Waals surface area (Å²) < 4.78 is 0. The Kier molecular flexibility index (Phi) is 8.62. The second-order valence-electron chi connectivity index (χ2n) is 12.6. The second kappa shape index (κ2) is 10.2. The van der Waals surface area contributed by atoms with Gasteiger partial charge in [0.1, 0.15) is 0 Å².